The van der Waals surface area contributed by atoms with E-state index in [1.54, 1.807) is 19.5 Å². The minimum atomic E-state index is -0.745. The molecule has 0 saturated heterocycles. The fourth-order valence-electron chi connectivity index (χ4n) is 3.61. The molecule has 1 aliphatic rings. The van der Waals surface area contributed by atoms with Gasteiger partial charge in [0.1, 0.15) is 12.4 Å². The number of hydrogen-bond donors (Lipinski definition) is 1. The van der Waals surface area contributed by atoms with E-state index in [1.807, 2.05) is 54.6 Å². The van der Waals surface area contributed by atoms with Crippen molar-refractivity contribution in [2.24, 2.45) is 0 Å². The molecule has 1 amide bonds. The fraction of sp³-hybridized carbons (Fsp3) is 0.308. The third-order valence-corrected chi connectivity index (χ3v) is 5.54. The first kappa shape index (κ1) is 21.7. The van der Waals surface area contributed by atoms with Gasteiger partial charge in [0.2, 0.25) is 6.10 Å². The van der Waals surface area contributed by atoms with Gasteiger partial charge in [-0.3, -0.25) is 9.78 Å². The highest BCUT2D eigenvalue weighted by molar-refractivity contribution is 5.82. The van der Waals surface area contributed by atoms with Crippen molar-refractivity contribution < 1.29 is 19.0 Å². The molecule has 2 heterocycles. The van der Waals surface area contributed by atoms with Crippen LogP contribution in [0.2, 0.25) is 0 Å². The highest BCUT2D eigenvalue weighted by Gasteiger charge is 2.30. The number of nitrogens with one attached hydrogen (secondary N) is 1. The van der Waals surface area contributed by atoms with Crippen LogP contribution in [-0.4, -0.2) is 30.7 Å². The molecule has 1 aliphatic heterocycles. The second kappa shape index (κ2) is 8.91. The molecule has 2 atom stereocenters. The molecule has 6 heteroatoms. The fourth-order valence-corrected chi connectivity index (χ4v) is 3.61. The number of rotatable bonds is 5. The Labute approximate surface area is 188 Å². The van der Waals surface area contributed by atoms with Gasteiger partial charge in [-0.2, -0.15) is 0 Å². The summed E-state index contributed by atoms with van der Waals surface area (Å²) in [6.45, 7) is 6.59. The highest BCUT2D eigenvalue weighted by Crippen LogP contribution is 2.36. The summed E-state index contributed by atoms with van der Waals surface area (Å²) in [5.41, 5.74) is 3.01. The normalized spacial score (nSPS) is 16.2. The zero-order chi connectivity index (χ0) is 22.7. The molecule has 0 saturated carbocycles. The third-order valence-electron chi connectivity index (χ3n) is 5.54. The van der Waals surface area contributed by atoms with E-state index in [0.29, 0.717) is 11.5 Å². The van der Waals surface area contributed by atoms with Gasteiger partial charge in [-0.25, -0.2) is 0 Å². The van der Waals surface area contributed by atoms with Gasteiger partial charge >= 0.3 is 0 Å². The van der Waals surface area contributed by atoms with Gasteiger partial charge < -0.3 is 19.5 Å². The Morgan fingerprint density at radius 3 is 2.38 bits per heavy atom. The van der Waals surface area contributed by atoms with Crippen molar-refractivity contribution in [3.8, 4) is 17.2 Å². The van der Waals surface area contributed by atoms with Gasteiger partial charge in [0, 0.05) is 12.4 Å². The number of nitrogens with zero attached hydrogens (tertiary/aromatic N) is 1. The number of carbonyl (C=O) groups is 1. The van der Waals surface area contributed by atoms with Gasteiger partial charge in [-0.05, 0) is 58.5 Å². The van der Waals surface area contributed by atoms with Crippen molar-refractivity contribution in [3.05, 3.63) is 83.7 Å². The SMILES string of the molecule is COc1ccc([C@H](NC(=O)[C@@H]2COc3cc(C(C)(C)C)ccc3O2)c2ccncc2)cc1. The number of pyridine rings is 1. The molecule has 6 nitrogen and oxygen atoms in total. The van der Waals surface area contributed by atoms with Crippen molar-refractivity contribution in [1.82, 2.24) is 10.3 Å². The van der Waals surface area contributed by atoms with Gasteiger partial charge in [0.15, 0.2) is 11.5 Å². The van der Waals surface area contributed by atoms with Crippen LogP contribution in [0.3, 0.4) is 0 Å². The predicted molar refractivity (Wildman–Crippen MR) is 122 cm³/mol. The van der Waals surface area contributed by atoms with Crippen LogP contribution in [0, 0.1) is 0 Å². The molecule has 4 rings (SSSR count). The summed E-state index contributed by atoms with van der Waals surface area (Å²) in [5.74, 6) is 1.76. The van der Waals surface area contributed by atoms with E-state index in [0.717, 1.165) is 22.4 Å². The number of methoxy groups -OCH3 is 1. The molecule has 0 spiro atoms. The second-order valence-electron chi connectivity index (χ2n) is 8.82. The number of aromatic nitrogens is 1. The van der Waals surface area contributed by atoms with Crippen LogP contribution in [0.1, 0.15) is 43.5 Å². The van der Waals surface area contributed by atoms with E-state index in [-0.39, 0.29) is 24.0 Å². The average molecular weight is 433 g/mol. The van der Waals surface area contributed by atoms with Crippen molar-refractivity contribution in [1.29, 1.82) is 0 Å². The first-order valence-corrected chi connectivity index (χ1v) is 10.6. The molecule has 0 aliphatic carbocycles. The molecule has 0 fully saturated rings. The molecule has 0 unspecified atom stereocenters. The smallest absolute Gasteiger partial charge is 0.265 e. The lowest BCUT2D eigenvalue weighted by atomic mass is 9.87. The second-order valence-corrected chi connectivity index (χ2v) is 8.82. The average Bonchev–Trinajstić information content (AvgIpc) is 2.81. The number of carbonyl (C=O) groups excluding carboxylic acids is 1. The maximum atomic E-state index is 13.2. The molecule has 2 aromatic carbocycles. The molecule has 32 heavy (non-hydrogen) atoms. The molecule has 0 radical (unpaired) electrons. The Balaban J connectivity index is 1.54. The van der Waals surface area contributed by atoms with Gasteiger partial charge in [0.05, 0.1) is 13.2 Å². The summed E-state index contributed by atoms with van der Waals surface area (Å²) in [7, 11) is 1.62. The Morgan fingerprint density at radius 2 is 1.72 bits per heavy atom. The lowest BCUT2D eigenvalue weighted by Crippen LogP contribution is -2.45. The number of benzene rings is 2. The summed E-state index contributed by atoms with van der Waals surface area (Å²) in [6.07, 6.45) is 2.67. The lowest BCUT2D eigenvalue weighted by Gasteiger charge is -2.29. The Morgan fingerprint density at radius 1 is 1.03 bits per heavy atom. The maximum Gasteiger partial charge on any atom is 0.265 e. The predicted octanol–water partition coefficient (Wildman–Crippen LogP) is 4.43. The zero-order valence-electron chi connectivity index (χ0n) is 18.8. The van der Waals surface area contributed by atoms with Crippen LogP contribution in [0.4, 0.5) is 0 Å². The van der Waals surface area contributed by atoms with Crippen LogP contribution in [-0.2, 0) is 10.2 Å². The van der Waals surface area contributed by atoms with Crippen LogP contribution in [0.25, 0.3) is 0 Å². The quantitative estimate of drug-likeness (QED) is 0.646. The first-order valence-electron chi connectivity index (χ1n) is 10.6. The lowest BCUT2D eigenvalue weighted by molar-refractivity contribution is -0.130. The number of fused-ring (bicyclic) bond motifs is 1. The third kappa shape index (κ3) is 4.69. The zero-order valence-corrected chi connectivity index (χ0v) is 18.8. The van der Waals surface area contributed by atoms with E-state index in [9.17, 15) is 4.79 Å². The molecule has 1 N–H and O–H groups in total. The summed E-state index contributed by atoms with van der Waals surface area (Å²) >= 11 is 0. The Bertz CT molecular complexity index is 1080. The number of ether oxygens (including phenoxy) is 3. The first-order chi connectivity index (χ1) is 15.3. The van der Waals surface area contributed by atoms with E-state index >= 15 is 0 Å². The Hall–Kier alpha value is -3.54. The summed E-state index contributed by atoms with van der Waals surface area (Å²) in [5, 5.41) is 3.11. The van der Waals surface area contributed by atoms with Crippen LogP contribution < -0.4 is 19.5 Å². The van der Waals surface area contributed by atoms with Crippen molar-refractivity contribution >= 4 is 5.91 Å². The van der Waals surface area contributed by atoms with E-state index in [1.165, 1.54) is 0 Å². The summed E-state index contributed by atoms with van der Waals surface area (Å²) < 4.78 is 17.2. The molecule has 0 bridgehead atoms. The Kier molecular flexibility index (Phi) is 6.04. The highest BCUT2D eigenvalue weighted by atomic mass is 16.6. The number of hydrogen-bond acceptors (Lipinski definition) is 5. The molecular weight excluding hydrogens is 404 g/mol. The van der Waals surface area contributed by atoms with E-state index in [4.69, 9.17) is 14.2 Å². The van der Waals surface area contributed by atoms with Crippen LogP contribution in [0.5, 0.6) is 17.2 Å². The monoisotopic (exact) mass is 432 g/mol. The molecular formula is C26H28N2O4. The summed E-state index contributed by atoms with van der Waals surface area (Å²) in [4.78, 5) is 17.2. The molecule has 3 aromatic rings. The number of amides is 1. The minimum absolute atomic E-state index is 0.00272. The van der Waals surface area contributed by atoms with Crippen molar-refractivity contribution in [3.63, 3.8) is 0 Å². The van der Waals surface area contributed by atoms with Crippen LogP contribution in [0.15, 0.2) is 67.0 Å². The van der Waals surface area contributed by atoms with Gasteiger partial charge in [-0.15, -0.1) is 0 Å². The van der Waals surface area contributed by atoms with Crippen molar-refractivity contribution in [2.75, 3.05) is 13.7 Å². The van der Waals surface area contributed by atoms with Gasteiger partial charge in [-0.1, -0.05) is 39.0 Å². The standard InChI is InChI=1S/C26H28N2O4/c1-26(2,3)19-7-10-21-22(15-19)31-16-23(32-21)25(29)28-24(18-11-13-27-14-12-18)17-5-8-20(30-4)9-6-17/h5-15,23-24H,16H2,1-4H3,(H,28,29)/t23-,24-/m0/s1. The van der Waals surface area contributed by atoms with Gasteiger partial charge in [0.25, 0.3) is 5.91 Å². The largest absolute Gasteiger partial charge is 0.497 e. The maximum absolute atomic E-state index is 13.2. The minimum Gasteiger partial charge on any atom is -0.497 e. The molecule has 166 valence electrons. The van der Waals surface area contributed by atoms with Crippen molar-refractivity contribution in [2.45, 2.75) is 38.3 Å². The van der Waals surface area contributed by atoms with Crippen LogP contribution >= 0.6 is 0 Å². The van der Waals surface area contributed by atoms with E-state index in [2.05, 4.69) is 31.1 Å². The topological polar surface area (TPSA) is 69.7 Å². The molecule has 1 aromatic heterocycles. The summed E-state index contributed by atoms with van der Waals surface area (Å²) in [6, 6.07) is 16.9. The van der Waals surface area contributed by atoms with E-state index < -0.39 is 6.10 Å².